The van der Waals surface area contributed by atoms with Gasteiger partial charge in [0.2, 0.25) is 5.91 Å². The number of nitrogens with zero attached hydrogens (tertiary/aromatic N) is 3. The number of aromatic nitrogens is 2. The lowest BCUT2D eigenvalue weighted by Crippen LogP contribution is -2.38. The largest absolute Gasteiger partial charge is 0.356 e. The fraction of sp³-hybridized carbons (Fsp3) is 0.261. The van der Waals surface area contributed by atoms with Crippen molar-refractivity contribution in [3.8, 4) is 11.4 Å². The van der Waals surface area contributed by atoms with E-state index in [1.54, 1.807) is 24.4 Å². The van der Waals surface area contributed by atoms with Crippen LogP contribution in [0.1, 0.15) is 18.4 Å². The Morgan fingerprint density at radius 1 is 1.13 bits per heavy atom. The molecule has 0 spiro atoms. The van der Waals surface area contributed by atoms with Crippen molar-refractivity contribution in [2.45, 2.75) is 19.8 Å². The maximum Gasteiger partial charge on any atom is 0.227 e. The highest BCUT2D eigenvalue weighted by Crippen LogP contribution is 2.26. The molecule has 3 aromatic rings. The van der Waals surface area contributed by atoms with Crippen LogP contribution in [0.15, 0.2) is 54.7 Å². The molecule has 0 unspecified atom stereocenters. The van der Waals surface area contributed by atoms with E-state index in [1.165, 1.54) is 12.1 Å². The highest BCUT2D eigenvalue weighted by atomic mass is 35.5. The first-order chi connectivity index (χ1) is 14.5. The van der Waals surface area contributed by atoms with Crippen molar-refractivity contribution in [3.63, 3.8) is 0 Å². The Morgan fingerprint density at radius 3 is 2.57 bits per heavy atom. The van der Waals surface area contributed by atoms with E-state index in [2.05, 4.69) is 20.2 Å². The minimum atomic E-state index is -0.289. The van der Waals surface area contributed by atoms with Gasteiger partial charge in [-0.05, 0) is 67.8 Å². The van der Waals surface area contributed by atoms with E-state index in [0.717, 1.165) is 48.6 Å². The molecule has 154 valence electrons. The van der Waals surface area contributed by atoms with Gasteiger partial charge < -0.3 is 10.2 Å². The third-order valence-corrected chi connectivity index (χ3v) is 5.78. The van der Waals surface area contributed by atoms with Gasteiger partial charge in [0.05, 0.1) is 0 Å². The van der Waals surface area contributed by atoms with E-state index >= 15 is 0 Å². The summed E-state index contributed by atoms with van der Waals surface area (Å²) in [6.07, 6.45) is 3.18. The van der Waals surface area contributed by atoms with Gasteiger partial charge in [-0.3, -0.25) is 4.79 Å². The third kappa shape index (κ3) is 4.60. The van der Waals surface area contributed by atoms with Crippen molar-refractivity contribution in [1.29, 1.82) is 0 Å². The summed E-state index contributed by atoms with van der Waals surface area (Å²) in [6, 6.07) is 13.5. The zero-order valence-corrected chi connectivity index (χ0v) is 17.4. The number of carbonyl (C=O) groups excluding carboxylic acids is 1. The third-order valence-electron chi connectivity index (χ3n) is 5.37. The zero-order valence-electron chi connectivity index (χ0n) is 16.6. The van der Waals surface area contributed by atoms with Crippen molar-refractivity contribution in [3.05, 3.63) is 71.1 Å². The standard InChI is InChI=1S/C23H22ClFN4O/c1-15-2-7-19(14-20(15)24)27-23(30)17-9-12-29(13-10-17)21-8-11-26-22(28-21)16-3-5-18(25)6-4-16/h2-8,11,14,17H,9-10,12-13H2,1H3,(H,27,30). The van der Waals surface area contributed by atoms with Gasteiger partial charge in [0, 0.05) is 41.5 Å². The van der Waals surface area contributed by atoms with Gasteiger partial charge in [0.1, 0.15) is 11.6 Å². The van der Waals surface area contributed by atoms with Crippen LogP contribution in [0.3, 0.4) is 0 Å². The lowest BCUT2D eigenvalue weighted by Gasteiger charge is -2.32. The van der Waals surface area contributed by atoms with Gasteiger partial charge in [0.15, 0.2) is 5.82 Å². The van der Waals surface area contributed by atoms with E-state index in [0.29, 0.717) is 10.8 Å². The van der Waals surface area contributed by atoms with Crippen LogP contribution in [0, 0.1) is 18.7 Å². The lowest BCUT2D eigenvalue weighted by molar-refractivity contribution is -0.120. The number of anilines is 2. The summed E-state index contributed by atoms with van der Waals surface area (Å²) in [6.45, 7) is 3.39. The molecule has 1 N–H and O–H groups in total. The molecule has 4 rings (SSSR count). The second kappa shape index (κ2) is 8.79. The van der Waals surface area contributed by atoms with Crippen LogP contribution in [-0.2, 0) is 4.79 Å². The summed E-state index contributed by atoms with van der Waals surface area (Å²) >= 11 is 6.15. The topological polar surface area (TPSA) is 58.1 Å². The maximum atomic E-state index is 13.2. The normalized spacial score (nSPS) is 14.6. The molecule has 5 nitrogen and oxygen atoms in total. The predicted molar refractivity (Wildman–Crippen MR) is 117 cm³/mol. The van der Waals surface area contributed by atoms with E-state index in [9.17, 15) is 9.18 Å². The van der Waals surface area contributed by atoms with Gasteiger partial charge in [-0.1, -0.05) is 17.7 Å². The van der Waals surface area contributed by atoms with Crippen LogP contribution in [0.2, 0.25) is 5.02 Å². The number of nitrogens with one attached hydrogen (secondary N) is 1. The molecule has 0 aliphatic carbocycles. The van der Waals surface area contributed by atoms with Crippen LogP contribution in [0.25, 0.3) is 11.4 Å². The molecule has 1 aromatic heterocycles. The van der Waals surface area contributed by atoms with Crippen LogP contribution < -0.4 is 10.2 Å². The van der Waals surface area contributed by atoms with Gasteiger partial charge in [-0.2, -0.15) is 0 Å². The van der Waals surface area contributed by atoms with Crippen molar-refractivity contribution < 1.29 is 9.18 Å². The molecule has 0 radical (unpaired) electrons. The molecule has 0 atom stereocenters. The molecule has 2 heterocycles. The Kier molecular flexibility index (Phi) is 5.95. The molecule has 1 saturated heterocycles. The Labute approximate surface area is 179 Å². The molecule has 1 aliphatic heterocycles. The van der Waals surface area contributed by atoms with Crippen LogP contribution >= 0.6 is 11.6 Å². The fourth-order valence-electron chi connectivity index (χ4n) is 3.55. The van der Waals surface area contributed by atoms with Crippen molar-refractivity contribution in [1.82, 2.24) is 9.97 Å². The zero-order chi connectivity index (χ0) is 21.1. The molecular weight excluding hydrogens is 403 g/mol. The van der Waals surface area contributed by atoms with E-state index in [4.69, 9.17) is 11.6 Å². The van der Waals surface area contributed by atoms with Gasteiger partial charge >= 0.3 is 0 Å². The highest BCUT2D eigenvalue weighted by Gasteiger charge is 2.26. The van der Waals surface area contributed by atoms with E-state index in [-0.39, 0.29) is 17.6 Å². The number of rotatable bonds is 4. The van der Waals surface area contributed by atoms with Gasteiger partial charge in [-0.15, -0.1) is 0 Å². The lowest BCUT2D eigenvalue weighted by atomic mass is 9.95. The SMILES string of the molecule is Cc1ccc(NC(=O)C2CCN(c3ccnc(-c4ccc(F)cc4)n3)CC2)cc1Cl. The Bertz CT molecular complexity index is 1050. The average molecular weight is 425 g/mol. The smallest absolute Gasteiger partial charge is 0.227 e. The van der Waals surface area contributed by atoms with Crippen LogP contribution in [0.5, 0.6) is 0 Å². The monoisotopic (exact) mass is 424 g/mol. The first-order valence-electron chi connectivity index (χ1n) is 9.90. The van der Waals surface area contributed by atoms with Crippen LogP contribution in [-0.4, -0.2) is 29.0 Å². The second-order valence-electron chi connectivity index (χ2n) is 7.46. The summed E-state index contributed by atoms with van der Waals surface area (Å²) < 4.78 is 13.2. The summed E-state index contributed by atoms with van der Waals surface area (Å²) in [5.74, 6) is 1.05. The first-order valence-corrected chi connectivity index (χ1v) is 10.3. The van der Waals surface area contributed by atoms with Gasteiger partial charge in [0.25, 0.3) is 0 Å². The Balaban J connectivity index is 1.38. The summed E-state index contributed by atoms with van der Waals surface area (Å²) in [7, 11) is 0. The Hall–Kier alpha value is -2.99. The minimum absolute atomic E-state index is 0.0178. The molecule has 7 heteroatoms. The van der Waals surface area contributed by atoms with E-state index in [1.807, 2.05) is 25.1 Å². The van der Waals surface area contributed by atoms with Crippen LogP contribution in [0.4, 0.5) is 15.9 Å². The molecule has 1 amide bonds. The first kappa shape index (κ1) is 20.3. The van der Waals surface area contributed by atoms with E-state index < -0.39 is 0 Å². The number of halogens is 2. The molecule has 1 aliphatic rings. The van der Waals surface area contributed by atoms with Crippen molar-refractivity contribution in [2.24, 2.45) is 5.92 Å². The van der Waals surface area contributed by atoms with Crippen molar-refractivity contribution >= 4 is 29.0 Å². The average Bonchev–Trinajstić information content (AvgIpc) is 2.77. The Morgan fingerprint density at radius 2 is 1.87 bits per heavy atom. The number of benzene rings is 2. The molecule has 0 saturated carbocycles. The molecule has 2 aromatic carbocycles. The predicted octanol–water partition coefficient (Wildman–Crippen LogP) is 5.10. The molecule has 1 fully saturated rings. The number of amides is 1. The van der Waals surface area contributed by atoms with Crippen molar-refractivity contribution in [2.75, 3.05) is 23.3 Å². The quantitative estimate of drug-likeness (QED) is 0.633. The summed E-state index contributed by atoms with van der Waals surface area (Å²) in [5.41, 5.74) is 2.47. The fourth-order valence-corrected chi connectivity index (χ4v) is 3.73. The summed E-state index contributed by atoms with van der Waals surface area (Å²) in [5, 5.41) is 3.61. The number of hydrogen-bond acceptors (Lipinski definition) is 4. The number of carbonyl (C=O) groups is 1. The molecule has 0 bridgehead atoms. The minimum Gasteiger partial charge on any atom is -0.356 e. The number of piperidine rings is 1. The molecular formula is C23H22ClFN4O. The molecule has 30 heavy (non-hydrogen) atoms. The summed E-state index contributed by atoms with van der Waals surface area (Å²) in [4.78, 5) is 23.7. The number of hydrogen-bond donors (Lipinski definition) is 1. The number of aryl methyl sites for hydroxylation is 1. The second-order valence-corrected chi connectivity index (χ2v) is 7.87. The highest BCUT2D eigenvalue weighted by molar-refractivity contribution is 6.31. The van der Waals surface area contributed by atoms with Gasteiger partial charge in [-0.25, -0.2) is 14.4 Å². The maximum absolute atomic E-state index is 13.2.